The number of carbonyl (C=O) groups is 1. The molecule has 6 nitrogen and oxygen atoms in total. The molecule has 3 aromatic rings. The maximum atomic E-state index is 13.3. The molecule has 5 unspecified atom stereocenters. The fraction of sp³-hybridized carbons (Fsp3) is 0.385. The summed E-state index contributed by atoms with van der Waals surface area (Å²) in [5.74, 6) is 1.48. The molecule has 2 heterocycles. The van der Waals surface area contributed by atoms with Crippen molar-refractivity contribution in [1.29, 1.82) is 0 Å². The number of amides is 1. The van der Waals surface area contributed by atoms with Gasteiger partial charge in [-0.05, 0) is 74.9 Å². The number of para-hydroxylation sites is 1. The van der Waals surface area contributed by atoms with E-state index in [1.54, 1.807) is 6.20 Å². The Morgan fingerprint density at radius 1 is 1.03 bits per heavy atom. The minimum Gasteiger partial charge on any atom is -0.457 e. The Balaban J connectivity index is 1.23. The van der Waals surface area contributed by atoms with E-state index in [4.69, 9.17) is 14.2 Å². The van der Waals surface area contributed by atoms with E-state index in [-0.39, 0.29) is 30.0 Å². The molecule has 32 heavy (non-hydrogen) atoms. The van der Waals surface area contributed by atoms with Crippen molar-refractivity contribution in [3.8, 4) is 11.5 Å². The molecule has 164 valence electrons. The predicted molar refractivity (Wildman–Crippen MR) is 120 cm³/mol. The molecule has 1 N–H and O–H groups in total. The molecule has 2 aliphatic carbocycles. The Morgan fingerprint density at radius 2 is 1.84 bits per heavy atom. The lowest BCUT2D eigenvalue weighted by molar-refractivity contribution is -0.158. The summed E-state index contributed by atoms with van der Waals surface area (Å²) in [6, 6.07) is 17.2. The van der Waals surface area contributed by atoms with Crippen LogP contribution in [0, 0.1) is 17.8 Å². The quantitative estimate of drug-likeness (QED) is 0.621. The van der Waals surface area contributed by atoms with Crippen LogP contribution in [-0.4, -0.2) is 28.9 Å². The van der Waals surface area contributed by atoms with E-state index >= 15 is 0 Å². The van der Waals surface area contributed by atoms with E-state index in [0.29, 0.717) is 11.7 Å². The number of benzene rings is 2. The van der Waals surface area contributed by atoms with E-state index in [0.717, 1.165) is 35.2 Å². The summed E-state index contributed by atoms with van der Waals surface area (Å²) in [6.07, 6.45) is 3.71. The summed E-state index contributed by atoms with van der Waals surface area (Å²) >= 11 is 0. The highest BCUT2D eigenvalue weighted by molar-refractivity contribution is 6.02. The zero-order chi connectivity index (χ0) is 21.9. The number of carbonyl (C=O) groups excluding carboxylic acids is 1. The second-order valence-corrected chi connectivity index (χ2v) is 9.51. The number of aromatic nitrogens is 1. The van der Waals surface area contributed by atoms with Gasteiger partial charge < -0.3 is 19.5 Å². The molecule has 6 heteroatoms. The highest BCUT2D eigenvalue weighted by atomic mass is 16.8. The zero-order valence-electron chi connectivity index (χ0n) is 18.2. The third-order valence-electron chi connectivity index (χ3n) is 6.99. The first-order valence-corrected chi connectivity index (χ1v) is 11.2. The Kier molecular flexibility index (Phi) is 4.49. The highest BCUT2D eigenvalue weighted by Gasteiger charge is 2.61. The summed E-state index contributed by atoms with van der Waals surface area (Å²) in [5.41, 5.74) is 1.56. The van der Waals surface area contributed by atoms with Gasteiger partial charge in [-0.25, -0.2) is 0 Å². The number of fused-ring (bicyclic) bond motifs is 6. The Labute approximate surface area is 186 Å². The predicted octanol–water partition coefficient (Wildman–Crippen LogP) is 5.14. The maximum absolute atomic E-state index is 13.3. The van der Waals surface area contributed by atoms with Crippen molar-refractivity contribution in [2.75, 3.05) is 5.32 Å². The Morgan fingerprint density at radius 3 is 2.69 bits per heavy atom. The standard InChI is InChI=1S/C26H26N2O4/c1-26(2)31-23-15-12-18(24(23)32-26)19(13-15)25(29)28-22-10-11-27-21-9-8-17(14-20(21)22)30-16-6-4-3-5-7-16/h3-11,14-15,18-19,23-24H,12-13H2,1-2H3,(H,27,28,29). The van der Waals surface area contributed by atoms with E-state index in [1.807, 2.05) is 68.4 Å². The number of rotatable bonds is 4. The van der Waals surface area contributed by atoms with Gasteiger partial charge in [0.25, 0.3) is 0 Å². The van der Waals surface area contributed by atoms with Crippen molar-refractivity contribution in [3.63, 3.8) is 0 Å². The Hall–Kier alpha value is -2.96. The number of pyridine rings is 1. The number of hydrogen-bond acceptors (Lipinski definition) is 5. The van der Waals surface area contributed by atoms with Crippen LogP contribution in [0.4, 0.5) is 5.69 Å². The van der Waals surface area contributed by atoms with Gasteiger partial charge >= 0.3 is 0 Å². The van der Waals surface area contributed by atoms with E-state index in [9.17, 15) is 4.79 Å². The first kappa shape index (κ1) is 19.7. The fourth-order valence-corrected chi connectivity index (χ4v) is 5.70. The smallest absolute Gasteiger partial charge is 0.227 e. The summed E-state index contributed by atoms with van der Waals surface area (Å²) in [7, 11) is 0. The van der Waals surface area contributed by atoms with Crippen LogP contribution in [0.3, 0.4) is 0 Å². The molecular weight excluding hydrogens is 404 g/mol. The first-order valence-electron chi connectivity index (χ1n) is 11.2. The van der Waals surface area contributed by atoms with Crippen LogP contribution in [0.25, 0.3) is 10.9 Å². The molecule has 3 aliphatic rings. The third kappa shape index (κ3) is 3.34. The largest absolute Gasteiger partial charge is 0.457 e. The van der Waals surface area contributed by atoms with Gasteiger partial charge in [-0.2, -0.15) is 0 Å². The van der Waals surface area contributed by atoms with Crippen molar-refractivity contribution >= 4 is 22.5 Å². The summed E-state index contributed by atoms with van der Waals surface area (Å²) in [6.45, 7) is 3.91. The second-order valence-electron chi connectivity index (χ2n) is 9.51. The van der Waals surface area contributed by atoms with Crippen LogP contribution >= 0.6 is 0 Å². The molecule has 6 rings (SSSR count). The van der Waals surface area contributed by atoms with Crippen LogP contribution in [0.15, 0.2) is 60.8 Å². The zero-order valence-corrected chi connectivity index (χ0v) is 18.2. The lowest BCUT2D eigenvalue weighted by Crippen LogP contribution is -2.39. The number of anilines is 1. The maximum Gasteiger partial charge on any atom is 0.227 e. The minimum atomic E-state index is -0.561. The number of ether oxygens (including phenoxy) is 3. The van der Waals surface area contributed by atoms with E-state index < -0.39 is 5.79 Å². The molecule has 2 aromatic carbocycles. The van der Waals surface area contributed by atoms with E-state index in [1.165, 1.54) is 0 Å². The van der Waals surface area contributed by atoms with Crippen LogP contribution in [0.5, 0.6) is 11.5 Å². The number of nitrogens with zero attached hydrogens (tertiary/aromatic N) is 1. The molecule has 1 aromatic heterocycles. The van der Waals surface area contributed by atoms with Gasteiger partial charge in [-0.1, -0.05) is 18.2 Å². The molecule has 0 radical (unpaired) electrons. The van der Waals surface area contributed by atoms with Gasteiger partial charge in [0.05, 0.1) is 23.4 Å². The molecular formula is C26H26N2O4. The van der Waals surface area contributed by atoms with Gasteiger partial charge in [-0.15, -0.1) is 0 Å². The van der Waals surface area contributed by atoms with Crippen LogP contribution < -0.4 is 10.1 Å². The monoisotopic (exact) mass is 430 g/mol. The van der Waals surface area contributed by atoms with Crippen LogP contribution in [0.2, 0.25) is 0 Å². The fourth-order valence-electron chi connectivity index (χ4n) is 5.70. The molecule has 1 amide bonds. The SMILES string of the molecule is CC1(C)OC2C3CC(C(=O)Nc4ccnc5ccc(Oc6ccccc6)cc45)C(C3)C2O1. The molecule has 1 aliphatic heterocycles. The molecule has 0 spiro atoms. The van der Waals surface area contributed by atoms with Crippen LogP contribution in [-0.2, 0) is 14.3 Å². The molecule has 1 saturated heterocycles. The highest BCUT2D eigenvalue weighted by Crippen LogP contribution is 2.55. The van der Waals surface area contributed by atoms with E-state index in [2.05, 4.69) is 10.3 Å². The average molecular weight is 431 g/mol. The molecule has 5 atom stereocenters. The van der Waals surface area contributed by atoms with Gasteiger partial charge in [0, 0.05) is 17.5 Å². The van der Waals surface area contributed by atoms with Crippen LogP contribution in [0.1, 0.15) is 26.7 Å². The second kappa shape index (κ2) is 7.29. The normalized spacial score (nSPS) is 29.8. The molecule has 2 bridgehead atoms. The lowest BCUT2D eigenvalue weighted by atomic mass is 9.84. The van der Waals surface area contributed by atoms with Crippen molar-refractivity contribution in [1.82, 2.24) is 4.98 Å². The van der Waals surface area contributed by atoms with Crippen molar-refractivity contribution < 1.29 is 19.0 Å². The topological polar surface area (TPSA) is 69.7 Å². The summed E-state index contributed by atoms with van der Waals surface area (Å²) in [4.78, 5) is 17.8. The minimum absolute atomic E-state index is 0.0135. The average Bonchev–Trinajstić information content (AvgIpc) is 3.44. The van der Waals surface area contributed by atoms with Gasteiger partial charge in [0.15, 0.2) is 5.79 Å². The van der Waals surface area contributed by atoms with Gasteiger partial charge in [0.1, 0.15) is 11.5 Å². The Bertz CT molecular complexity index is 1180. The molecule has 3 fully saturated rings. The number of hydrogen-bond donors (Lipinski definition) is 1. The summed E-state index contributed by atoms with van der Waals surface area (Å²) in [5, 5.41) is 4.03. The lowest BCUT2D eigenvalue weighted by Gasteiger charge is -2.28. The molecule has 2 saturated carbocycles. The van der Waals surface area contributed by atoms with Crippen molar-refractivity contribution in [2.24, 2.45) is 17.8 Å². The van der Waals surface area contributed by atoms with Gasteiger partial charge in [0.2, 0.25) is 5.91 Å². The van der Waals surface area contributed by atoms with Crippen molar-refractivity contribution in [2.45, 2.75) is 44.7 Å². The summed E-state index contributed by atoms with van der Waals surface area (Å²) < 4.78 is 18.2. The third-order valence-corrected chi connectivity index (χ3v) is 6.99. The van der Waals surface area contributed by atoms with Gasteiger partial charge in [-0.3, -0.25) is 9.78 Å². The number of nitrogens with one attached hydrogen (secondary N) is 1. The van der Waals surface area contributed by atoms with Crippen molar-refractivity contribution in [3.05, 3.63) is 60.8 Å². The first-order chi connectivity index (χ1) is 15.5.